The van der Waals surface area contributed by atoms with Gasteiger partial charge >= 0.3 is 6.03 Å². The minimum absolute atomic E-state index is 0.0564. The summed E-state index contributed by atoms with van der Waals surface area (Å²) in [7, 11) is 4.18. The zero-order chi connectivity index (χ0) is 32.5. The van der Waals surface area contributed by atoms with Crippen LogP contribution >= 0.6 is 11.3 Å². The number of aromatic nitrogens is 2. The van der Waals surface area contributed by atoms with Crippen LogP contribution in [0.25, 0.3) is 20.8 Å². The third-order valence-electron chi connectivity index (χ3n) is 9.24. The molecule has 47 heavy (non-hydrogen) atoms. The number of thiophene rings is 1. The third-order valence-corrected chi connectivity index (χ3v) is 10.4. The largest absolute Gasteiger partial charge is 0.453 e. The van der Waals surface area contributed by atoms with Gasteiger partial charge < -0.3 is 25.2 Å². The number of benzene rings is 1. The minimum atomic E-state index is -0.577. The molecule has 1 aromatic carbocycles. The molecule has 0 spiro atoms. The van der Waals surface area contributed by atoms with Gasteiger partial charge in [-0.2, -0.15) is 0 Å². The summed E-state index contributed by atoms with van der Waals surface area (Å²) >= 11 is 1.49. The molecule has 1 saturated carbocycles. The van der Waals surface area contributed by atoms with Gasteiger partial charge in [-0.1, -0.05) is 6.07 Å². The molecule has 2 N–H and O–H groups in total. The van der Waals surface area contributed by atoms with E-state index in [1.54, 1.807) is 18.3 Å². The standard InChI is InChI=1S/C35H40FN7O3S/c1-41(2)26-12-15-43(21-26)34(44)23-4-3-14-42(20-23)19-22-5-9-28(38-18-22)32-17-29-33(47-32)31(11-13-37-29)46-30-10-8-25(16-27(30)36)40-35(45)39-24-6-7-24/h5,8-11,13,16-18,23-24,26H,3-4,6-7,12,14-15,19-21H2,1-2H3,(H2,39,40,45)/t23?,26-/m0/s1. The van der Waals surface area contributed by atoms with Gasteiger partial charge in [0.05, 0.1) is 26.7 Å². The Bertz CT molecular complexity index is 1760. The number of pyridine rings is 2. The van der Waals surface area contributed by atoms with Crippen LogP contribution in [0.3, 0.4) is 0 Å². The summed E-state index contributed by atoms with van der Waals surface area (Å²) in [5.41, 5.74) is 3.03. The molecule has 2 aliphatic heterocycles. The van der Waals surface area contributed by atoms with E-state index in [9.17, 15) is 14.0 Å². The summed E-state index contributed by atoms with van der Waals surface area (Å²) in [6, 6.07) is 12.5. The number of piperidine rings is 1. The molecule has 3 aromatic heterocycles. The van der Waals surface area contributed by atoms with E-state index >= 15 is 0 Å². The average Bonchev–Trinajstić information content (AvgIpc) is 3.53. The Morgan fingerprint density at radius 2 is 1.89 bits per heavy atom. The van der Waals surface area contributed by atoms with Crippen molar-refractivity contribution in [2.45, 2.75) is 50.7 Å². The van der Waals surface area contributed by atoms with E-state index in [0.717, 1.165) is 91.2 Å². The third kappa shape index (κ3) is 7.39. The molecule has 0 radical (unpaired) electrons. The minimum Gasteiger partial charge on any atom is -0.453 e. The van der Waals surface area contributed by atoms with Gasteiger partial charge in [-0.05, 0) is 82.6 Å². The number of hydrogen-bond donors (Lipinski definition) is 2. The Balaban J connectivity index is 0.983. The highest BCUT2D eigenvalue weighted by molar-refractivity contribution is 7.22. The molecule has 12 heteroatoms. The average molecular weight is 658 g/mol. The van der Waals surface area contributed by atoms with Crippen LogP contribution in [-0.4, -0.2) is 89.0 Å². The lowest BCUT2D eigenvalue weighted by molar-refractivity contribution is -0.136. The van der Waals surface area contributed by atoms with Crippen LogP contribution in [0.1, 0.15) is 37.7 Å². The molecule has 2 atom stereocenters. The Hall–Kier alpha value is -4.13. The molecule has 3 aliphatic rings. The van der Waals surface area contributed by atoms with Crippen molar-refractivity contribution in [2.75, 3.05) is 45.6 Å². The molecular weight excluding hydrogens is 617 g/mol. The molecule has 0 bridgehead atoms. The van der Waals surface area contributed by atoms with Gasteiger partial charge in [0, 0.05) is 68.5 Å². The molecule has 1 aliphatic carbocycles. The number of likely N-dealkylation sites (tertiary alicyclic amines) is 2. The molecule has 3 fully saturated rings. The maximum absolute atomic E-state index is 15.0. The summed E-state index contributed by atoms with van der Waals surface area (Å²) < 4.78 is 21.8. The van der Waals surface area contributed by atoms with Crippen LogP contribution in [0, 0.1) is 11.7 Å². The van der Waals surface area contributed by atoms with E-state index in [1.165, 1.54) is 23.5 Å². The summed E-state index contributed by atoms with van der Waals surface area (Å²) in [6.07, 6.45) is 8.52. The maximum atomic E-state index is 15.0. The quantitative estimate of drug-likeness (QED) is 0.230. The highest BCUT2D eigenvalue weighted by atomic mass is 32.1. The second kappa shape index (κ2) is 13.5. The fourth-order valence-electron chi connectivity index (χ4n) is 6.43. The van der Waals surface area contributed by atoms with E-state index in [0.29, 0.717) is 23.4 Å². The summed E-state index contributed by atoms with van der Waals surface area (Å²) in [6.45, 7) is 4.20. The zero-order valence-corrected chi connectivity index (χ0v) is 27.6. The summed E-state index contributed by atoms with van der Waals surface area (Å²) in [5, 5.41) is 5.49. The molecule has 1 unspecified atom stereocenters. The number of hydrogen-bond acceptors (Lipinski definition) is 8. The van der Waals surface area contributed by atoms with Crippen LogP contribution in [-0.2, 0) is 11.3 Å². The number of fused-ring (bicyclic) bond motifs is 1. The lowest BCUT2D eigenvalue weighted by Crippen LogP contribution is -2.44. The number of likely N-dealkylation sites (N-methyl/N-ethyl adjacent to an activating group) is 1. The molecule has 10 nitrogen and oxygen atoms in total. The van der Waals surface area contributed by atoms with E-state index < -0.39 is 5.82 Å². The van der Waals surface area contributed by atoms with E-state index in [1.807, 2.05) is 18.3 Å². The Morgan fingerprint density at radius 1 is 1.02 bits per heavy atom. The molecule has 2 saturated heterocycles. The molecule has 246 valence electrons. The maximum Gasteiger partial charge on any atom is 0.319 e. The van der Waals surface area contributed by atoms with E-state index in [-0.39, 0.29) is 23.7 Å². The van der Waals surface area contributed by atoms with Crippen LogP contribution in [0.15, 0.2) is 54.9 Å². The second-order valence-corrected chi connectivity index (χ2v) is 14.1. The number of carbonyl (C=O) groups excluding carboxylic acids is 2. The number of nitrogens with one attached hydrogen (secondary N) is 2. The Kier molecular flexibility index (Phi) is 9.07. The van der Waals surface area contributed by atoms with Crippen molar-refractivity contribution in [2.24, 2.45) is 5.92 Å². The van der Waals surface area contributed by atoms with Crippen LogP contribution < -0.4 is 15.4 Å². The molecular formula is C35H40FN7O3S. The van der Waals surface area contributed by atoms with Gasteiger partial charge in [0.25, 0.3) is 0 Å². The second-order valence-electron chi connectivity index (χ2n) is 13.1. The van der Waals surface area contributed by atoms with Crippen molar-refractivity contribution in [3.63, 3.8) is 0 Å². The molecule has 7 rings (SSSR count). The van der Waals surface area contributed by atoms with Crippen LogP contribution in [0.4, 0.5) is 14.9 Å². The number of urea groups is 1. The van der Waals surface area contributed by atoms with Crippen molar-refractivity contribution < 1.29 is 18.7 Å². The molecule has 5 heterocycles. The highest BCUT2D eigenvalue weighted by Gasteiger charge is 2.34. The number of carbonyl (C=O) groups is 2. The van der Waals surface area contributed by atoms with Gasteiger partial charge in [0.2, 0.25) is 5.91 Å². The number of ether oxygens (including phenoxy) is 1. The van der Waals surface area contributed by atoms with Crippen molar-refractivity contribution in [3.8, 4) is 22.1 Å². The van der Waals surface area contributed by atoms with Gasteiger partial charge in [0.15, 0.2) is 11.6 Å². The normalized spacial score (nSPS) is 20.1. The first-order chi connectivity index (χ1) is 22.8. The Labute approximate surface area is 277 Å². The lowest BCUT2D eigenvalue weighted by atomic mass is 9.96. The van der Waals surface area contributed by atoms with E-state index in [4.69, 9.17) is 9.72 Å². The number of anilines is 1. The van der Waals surface area contributed by atoms with Gasteiger partial charge in [-0.3, -0.25) is 19.7 Å². The zero-order valence-electron chi connectivity index (χ0n) is 26.7. The van der Waals surface area contributed by atoms with Crippen LogP contribution in [0.5, 0.6) is 11.5 Å². The first-order valence-electron chi connectivity index (χ1n) is 16.4. The highest BCUT2D eigenvalue weighted by Crippen LogP contribution is 2.39. The van der Waals surface area contributed by atoms with Gasteiger partial charge in [0.1, 0.15) is 5.75 Å². The van der Waals surface area contributed by atoms with Gasteiger partial charge in [-0.25, -0.2) is 9.18 Å². The molecule has 4 aromatic rings. The predicted octanol–water partition coefficient (Wildman–Crippen LogP) is 5.95. The van der Waals surface area contributed by atoms with Crippen LogP contribution in [0.2, 0.25) is 0 Å². The topological polar surface area (TPSA) is 103 Å². The number of amides is 3. The van der Waals surface area contributed by atoms with Crippen molar-refractivity contribution in [1.82, 2.24) is 30.0 Å². The monoisotopic (exact) mass is 657 g/mol. The summed E-state index contributed by atoms with van der Waals surface area (Å²) in [5.74, 6) is 0.337. The van der Waals surface area contributed by atoms with Crippen molar-refractivity contribution >= 4 is 39.2 Å². The predicted molar refractivity (Wildman–Crippen MR) is 181 cm³/mol. The smallest absolute Gasteiger partial charge is 0.319 e. The SMILES string of the molecule is CN(C)[C@H]1CCN(C(=O)C2CCCN(Cc3ccc(-c4cc5nccc(Oc6ccc(NC(=O)NC7CC7)cc6F)c5s4)nc3)C2)C1. The molecule has 3 amide bonds. The lowest BCUT2D eigenvalue weighted by Gasteiger charge is -2.34. The van der Waals surface area contributed by atoms with E-state index in [2.05, 4.69) is 50.5 Å². The van der Waals surface area contributed by atoms with Gasteiger partial charge in [-0.15, -0.1) is 11.3 Å². The fraction of sp³-hybridized carbons (Fsp3) is 0.429. The number of halogens is 1. The number of rotatable bonds is 9. The Morgan fingerprint density at radius 3 is 2.64 bits per heavy atom. The fourth-order valence-corrected chi connectivity index (χ4v) is 7.47. The number of nitrogens with zero attached hydrogens (tertiary/aromatic N) is 5. The van der Waals surface area contributed by atoms with Crippen molar-refractivity contribution in [1.29, 1.82) is 0 Å². The summed E-state index contributed by atoms with van der Waals surface area (Å²) in [4.78, 5) is 42.2. The van der Waals surface area contributed by atoms with Crippen molar-refractivity contribution in [3.05, 3.63) is 66.2 Å². The first kappa shape index (κ1) is 31.5. The first-order valence-corrected chi connectivity index (χ1v) is 17.2.